The van der Waals surface area contributed by atoms with Gasteiger partial charge in [-0.15, -0.1) is 0 Å². The number of rotatable bonds is 7. The van der Waals surface area contributed by atoms with Crippen molar-refractivity contribution in [3.05, 3.63) is 107 Å². The molecule has 0 saturated heterocycles. The molecule has 2 unspecified atom stereocenters. The van der Waals surface area contributed by atoms with Crippen LogP contribution in [0.25, 0.3) is 6.08 Å². The molecule has 4 heteroatoms. The predicted octanol–water partition coefficient (Wildman–Crippen LogP) is 5.96. The number of aryl methyl sites for hydroxylation is 1. The summed E-state index contributed by atoms with van der Waals surface area (Å²) in [4.78, 5) is 11.8. The summed E-state index contributed by atoms with van der Waals surface area (Å²) in [5.41, 5.74) is 5.31. The highest BCUT2D eigenvalue weighted by molar-refractivity contribution is 5.70. The minimum Gasteiger partial charge on any atom is -0.488 e. The number of carbonyl (C=O) groups is 1. The quantitative estimate of drug-likeness (QED) is 0.447. The van der Waals surface area contributed by atoms with Crippen LogP contribution in [-0.4, -0.2) is 13.1 Å². The molecule has 0 spiro atoms. The van der Waals surface area contributed by atoms with Crippen LogP contribution in [0.2, 0.25) is 0 Å². The molecule has 2 atom stereocenters. The number of fused-ring (bicyclic) bond motifs is 1. The molecule has 1 heterocycles. The Morgan fingerprint density at radius 1 is 0.968 bits per heavy atom. The zero-order valence-electron chi connectivity index (χ0n) is 17.8. The molecule has 0 saturated carbocycles. The Bertz CT molecular complexity index is 1070. The average Bonchev–Trinajstić information content (AvgIpc) is 3.15. The molecule has 0 aromatic heterocycles. The SMILES string of the molecule is COC(=O)CC1OC(C=Cc2cccc(C)c2OCc2ccccc2)c2ccccc21. The van der Waals surface area contributed by atoms with Crippen molar-refractivity contribution in [1.29, 1.82) is 0 Å². The summed E-state index contributed by atoms with van der Waals surface area (Å²) < 4.78 is 17.2. The highest BCUT2D eigenvalue weighted by Crippen LogP contribution is 2.42. The predicted molar refractivity (Wildman–Crippen MR) is 121 cm³/mol. The molecular weight excluding hydrogens is 388 g/mol. The largest absolute Gasteiger partial charge is 0.488 e. The monoisotopic (exact) mass is 414 g/mol. The van der Waals surface area contributed by atoms with Crippen molar-refractivity contribution in [1.82, 2.24) is 0 Å². The summed E-state index contributed by atoms with van der Waals surface area (Å²) in [6.45, 7) is 2.56. The molecule has 31 heavy (non-hydrogen) atoms. The molecule has 4 nitrogen and oxygen atoms in total. The van der Waals surface area contributed by atoms with Gasteiger partial charge in [-0.05, 0) is 29.2 Å². The number of methoxy groups -OCH3 is 1. The first-order valence-electron chi connectivity index (χ1n) is 10.4. The van der Waals surface area contributed by atoms with Crippen molar-refractivity contribution in [2.24, 2.45) is 0 Å². The van der Waals surface area contributed by atoms with Gasteiger partial charge in [0.25, 0.3) is 0 Å². The van der Waals surface area contributed by atoms with E-state index in [4.69, 9.17) is 14.2 Å². The minimum absolute atomic E-state index is 0.202. The van der Waals surface area contributed by atoms with Crippen LogP contribution in [-0.2, 0) is 20.9 Å². The first-order chi connectivity index (χ1) is 15.2. The number of ether oxygens (including phenoxy) is 3. The number of hydrogen-bond donors (Lipinski definition) is 0. The van der Waals surface area contributed by atoms with Gasteiger partial charge in [0.15, 0.2) is 0 Å². The normalized spacial score (nSPS) is 17.5. The van der Waals surface area contributed by atoms with Gasteiger partial charge in [0.2, 0.25) is 0 Å². The molecule has 4 rings (SSSR count). The maximum absolute atomic E-state index is 11.8. The molecule has 3 aromatic carbocycles. The van der Waals surface area contributed by atoms with E-state index < -0.39 is 0 Å². The highest BCUT2D eigenvalue weighted by atomic mass is 16.5. The lowest BCUT2D eigenvalue weighted by molar-refractivity contribution is -0.144. The van der Waals surface area contributed by atoms with Gasteiger partial charge >= 0.3 is 5.97 Å². The second-order valence-electron chi connectivity index (χ2n) is 7.58. The Morgan fingerprint density at radius 3 is 2.48 bits per heavy atom. The summed E-state index contributed by atoms with van der Waals surface area (Å²) in [7, 11) is 1.40. The van der Waals surface area contributed by atoms with Crippen molar-refractivity contribution in [3.63, 3.8) is 0 Å². The van der Waals surface area contributed by atoms with Crippen LogP contribution >= 0.6 is 0 Å². The molecule has 3 aromatic rings. The van der Waals surface area contributed by atoms with Crippen LogP contribution in [0.5, 0.6) is 5.75 Å². The van der Waals surface area contributed by atoms with Crippen LogP contribution in [0.3, 0.4) is 0 Å². The maximum Gasteiger partial charge on any atom is 0.308 e. The Kier molecular flexibility index (Phi) is 6.48. The minimum atomic E-state index is -0.301. The van der Waals surface area contributed by atoms with Gasteiger partial charge < -0.3 is 14.2 Å². The third-order valence-corrected chi connectivity index (χ3v) is 5.46. The van der Waals surface area contributed by atoms with Crippen molar-refractivity contribution in [2.45, 2.75) is 32.2 Å². The Labute approximate surface area is 183 Å². The Morgan fingerprint density at radius 2 is 1.71 bits per heavy atom. The number of para-hydroxylation sites is 1. The summed E-state index contributed by atoms with van der Waals surface area (Å²) >= 11 is 0. The van der Waals surface area contributed by atoms with E-state index in [-0.39, 0.29) is 24.6 Å². The molecule has 1 aliphatic rings. The van der Waals surface area contributed by atoms with Gasteiger partial charge in [0, 0.05) is 5.56 Å². The highest BCUT2D eigenvalue weighted by Gasteiger charge is 2.31. The van der Waals surface area contributed by atoms with Crippen molar-refractivity contribution in [2.75, 3.05) is 7.11 Å². The number of hydrogen-bond acceptors (Lipinski definition) is 4. The van der Waals surface area contributed by atoms with E-state index in [1.165, 1.54) is 7.11 Å². The maximum atomic E-state index is 11.8. The van der Waals surface area contributed by atoms with Gasteiger partial charge in [0.1, 0.15) is 18.5 Å². The molecule has 0 fully saturated rings. The molecular formula is C27H26O4. The van der Waals surface area contributed by atoms with E-state index in [2.05, 4.69) is 12.1 Å². The first-order valence-corrected chi connectivity index (χ1v) is 10.4. The van der Waals surface area contributed by atoms with Gasteiger partial charge in [-0.25, -0.2) is 0 Å². The van der Waals surface area contributed by atoms with E-state index in [0.29, 0.717) is 6.61 Å². The van der Waals surface area contributed by atoms with E-state index >= 15 is 0 Å². The fourth-order valence-corrected chi connectivity index (χ4v) is 3.85. The van der Waals surface area contributed by atoms with Crippen molar-refractivity contribution >= 4 is 12.0 Å². The molecule has 0 radical (unpaired) electrons. The summed E-state index contributed by atoms with van der Waals surface area (Å²) in [6, 6.07) is 24.3. The zero-order valence-corrected chi connectivity index (χ0v) is 17.8. The standard InChI is InChI=1S/C27H26O4/c1-19-9-8-12-21(27(19)30-18-20-10-4-3-5-11-20)15-16-24-22-13-6-7-14-23(22)25(31-24)17-26(28)29-2/h3-16,24-25H,17-18H2,1-2H3. The smallest absolute Gasteiger partial charge is 0.308 e. The second-order valence-corrected chi connectivity index (χ2v) is 7.58. The van der Waals surface area contributed by atoms with Gasteiger partial charge in [-0.3, -0.25) is 4.79 Å². The number of carbonyl (C=O) groups excluding carboxylic acids is 1. The first kappa shape index (κ1) is 20.9. The summed E-state index contributed by atoms with van der Waals surface area (Å²) in [5.74, 6) is 0.583. The fraction of sp³-hybridized carbons (Fsp3) is 0.222. The molecule has 1 aliphatic heterocycles. The van der Waals surface area contributed by atoms with E-state index in [1.807, 2.05) is 79.7 Å². The van der Waals surface area contributed by atoms with Crippen molar-refractivity contribution in [3.8, 4) is 5.75 Å². The third-order valence-electron chi connectivity index (χ3n) is 5.46. The Balaban J connectivity index is 1.55. The van der Waals surface area contributed by atoms with Crippen LogP contribution < -0.4 is 4.74 Å². The number of benzene rings is 3. The summed E-state index contributed by atoms with van der Waals surface area (Å²) in [5, 5.41) is 0. The molecule has 0 N–H and O–H groups in total. The van der Waals surface area contributed by atoms with Gasteiger partial charge in [-0.2, -0.15) is 0 Å². The lowest BCUT2D eigenvalue weighted by Crippen LogP contribution is -2.08. The number of esters is 1. The van der Waals surface area contributed by atoms with Crippen LogP contribution in [0, 0.1) is 6.92 Å². The molecule has 158 valence electrons. The average molecular weight is 415 g/mol. The van der Waals surface area contributed by atoms with Crippen LogP contribution in [0.1, 0.15) is 46.4 Å². The van der Waals surface area contributed by atoms with Gasteiger partial charge in [-0.1, -0.05) is 84.9 Å². The fourth-order valence-electron chi connectivity index (χ4n) is 3.85. The second kappa shape index (κ2) is 9.63. The topological polar surface area (TPSA) is 44.8 Å². The van der Waals surface area contributed by atoms with Crippen LogP contribution in [0.15, 0.2) is 78.9 Å². The lowest BCUT2D eigenvalue weighted by Gasteiger charge is -2.13. The Hall–Kier alpha value is -3.37. The summed E-state index contributed by atoms with van der Waals surface area (Å²) in [6.07, 6.45) is 3.74. The lowest BCUT2D eigenvalue weighted by atomic mass is 9.99. The molecule has 0 aliphatic carbocycles. The van der Waals surface area contributed by atoms with Crippen LogP contribution in [0.4, 0.5) is 0 Å². The van der Waals surface area contributed by atoms with Gasteiger partial charge in [0.05, 0.1) is 19.6 Å². The van der Waals surface area contributed by atoms with E-state index in [9.17, 15) is 4.79 Å². The van der Waals surface area contributed by atoms with E-state index in [1.54, 1.807) is 0 Å². The molecule has 0 amide bonds. The zero-order chi connectivity index (χ0) is 21.6. The van der Waals surface area contributed by atoms with Crippen molar-refractivity contribution < 1.29 is 19.0 Å². The third kappa shape index (κ3) is 4.86. The molecule has 0 bridgehead atoms. The van der Waals surface area contributed by atoms with E-state index in [0.717, 1.165) is 33.6 Å².